The molecule has 1 aromatic carbocycles. The van der Waals surface area contributed by atoms with Gasteiger partial charge in [-0.15, -0.1) is 24.8 Å². The maximum absolute atomic E-state index is 12.1. The number of fused-ring (bicyclic) bond motifs is 1. The molecular formula is C14H21Cl2N3O2. The molecule has 0 spiro atoms. The van der Waals surface area contributed by atoms with Crippen molar-refractivity contribution in [1.29, 1.82) is 0 Å². The highest BCUT2D eigenvalue weighted by Crippen LogP contribution is 2.33. The number of nitrogens with zero attached hydrogens (tertiary/aromatic N) is 1. The summed E-state index contributed by atoms with van der Waals surface area (Å²) in [5, 5.41) is 6.20. The van der Waals surface area contributed by atoms with Crippen LogP contribution in [0.4, 0.5) is 11.4 Å². The van der Waals surface area contributed by atoms with Gasteiger partial charge in [0.15, 0.2) is 0 Å². The van der Waals surface area contributed by atoms with Gasteiger partial charge in [-0.1, -0.05) is 0 Å². The number of benzene rings is 1. The number of hydrogen-bond acceptors (Lipinski definition) is 4. The number of carbonyl (C=O) groups excluding carboxylic acids is 1. The molecule has 7 heteroatoms. The highest BCUT2D eigenvalue weighted by molar-refractivity contribution is 5.93. The molecule has 2 N–H and O–H groups in total. The van der Waals surface area contributed by atoms with Crippen molar-refractivity contribution in [2.75, 3.05) is 43.5 Å². The van der Waals surface area contributed by atoms with E-state index in [-0.39, 0.29) is 36.6 Å². The monoisotopic (exact) mass is 333 g/mol. The fourth-order valence-electron chi connectivity index (χ4n) is 2.55. The van der Waals surface area contributed by atoms with Crippen molar-refractivity contribution < 1.29 is 9.53 Å². The van der Waals surface area contributed by atoms with Gasteiger partial charge in [0.25, 0.3) is 0 Å². The fourth-order valence-corrected chi connectivity index (χ4v) is 2.55. The van der Waals surface area contributed by atoms with Crippen LogP contribution >= 0.6 is 24.8 Å². The average Bonchev–Trinajstić information content (AvgIpc) is 2.94. The summed E-state index contributed by atoms with van der Waals surface area (Å²) in [6, 6.07) is 5.81. The van der Waals surface area contributed by atoms with Crippen LogP contribution in [0.3, 0.4) is 0 Å². The lowest BCUT2D eigenvalue weighted by Gasteiger charge is -2.28. The van der Waals surface area contributed by atoms with Crippen LogP contribution in [0.2, 0.25) is 0 Å². The molecule has 0 aliphatic carbocycles. The smallest absolute Gasteiger partial charge is 0.228 e. The van der Waals surface area contributed by atoms with E-state index in [0.717, 1.165) is 43.2 Å². The van der Waals surface area contributed by atoms with Crippen LogP contribution < -0.4 is 20.3 Å². The van der Waals surface area contributed by atoms with Crippen LogP contribution in [0, 0.1) is 5.92 Å². The SMILES string of the molecule is CN1CCOc2ccc(NC(=O)C3CCNC3)cc21.Cl.Cl. The van der Waals surface area contributed by atoms with Gasteiger partial charge in [0.05, 0.1) is 18.2 Å². The number of nitrogens with one attached hydrogen (secondary N) is 2. The van der Waals surface area contributed by atoms with Gasteiger partial charge in [0, 0.05) is 19.3 Å². The zero-order valence-corrected chi connectivity index (χ0v) is 13.6. The normalized spacial score (nSPS) is 19.7. The van der Waals surface area contributed by atoms with E-state index in [1.54, 1.807) is 0 Å². The van der Waals surface area contributed by atoms with Crippen molar-refractivity contribution in [2.45, 2.75) is 6.42 Å². The third kappa shape index (κ3) is 3.93. The van der Waals surface area contributed by atoms with Crippen molar-refractivity contribution in [2.24, 2.45) is 5.92 Å². The van der Waals surface area contributed by atoms with E-state index in [0.29, 0.717) is 6.61 Å². The number of anilines is 2. The molecule has 1 amide bonds. The number of carbonyl (C=O) groups is 1. The van der Waals surface area contributed by atoms with Gasteiger partial charge in [0.1, 0.15) is 12.4 Å². The van der Waals surface area contributed by atoms with Crippen molar-refractivity contribution in [3.05, 3.63) is 18.2 Å². The molecule has 21 heavy (non-hydrogen) atoms. The van der Waals surface area contributed by atoms with Gasteiger partial charge in [-0.25, -0.2) is 0 Å². The molecule has 3 rings (SSSR count). The quantitative estimate of drug-likeness (QED) is 0.868. The predicted molar refractivity (Wildman–Crippen MR) is 89.3 cm³/mol. The molecule has 0 bridgehead atoms. The summed E-state index contributed by atoms with van der Waals surface area (Å²) in [4.78, 5) is 14.2. The number of halogens is 2. The van der Waals surface area contributed by atoms with Gasteiger partial charge in [0.2, 0.25) is 5.91 Å². The second kappa shape index (κ2) is 7.73. The minimum absolute atomic E-state index is 0. The van der Waals surface area contributed by atoms with Crippen molar-refractivity contribution in [1.82, 2.24) is 5.32 Å². The Labute approximate surface area is 137 Å². The van der Waals surface area contributed by atoms with Gasteiger partial charge in [-0.2, -0.15) is 0 Å². The lowest BCUT2D eigenvalue weighted by molar-refractivity contribution is -0.119. The predicted octanol–water partition coefficient (Wildman–Crippen LogP) is 1.91. The molecule has 118 valence electrons. The number of hydrogen-bond donors (Lipinski definition) is 2. The van der Waals surface area contributed by atoms with Crippen LogP contribution in [0.15, 0.2) is 18.2 Å². The maximum Gasteiger partial charge on any atom is 0.228 e. The van der Waals surface area contributed by atoms with Crippen LogP contribution in [0.1, 0.15) is 6.42 Å². The summed E-state index contributed by atoms with van der Waals surface area (Å²) in [5.41, 5.74) is 1.88. The highest BCUT2D eigenvalue weighted by Gasteiger charge is 2.23. The maximum atomic E-state index is 12.1. The zero-order valence-electron chi connectivity index (χ0n) is 11.9. The Balaban J connectivity index is 0.00000110. The molecule has 2 aliphatic rings. The van der Waals surface area contributed by atoms with Crippen molar-refractivity contribution >= 4 is 42.1 Å². The van der Waals surface area contributed by atoms with Gasteiger partial charge >= 0.3 is 0 Å². The van der Waals surface area contributed by atoms with Gasteiger partial charge in [-0.3, -0.25) is 4.79 Å². The van der Waals surface area contributed by atoms with Crippen LogP contribution in [0.25, 0.3) is 0 Å². The third-order valence-corrected chi connectivity index (χ3v) is 3.75. The van der Waals surface area contributed by atoms with E-state index in [2.05, 4.69) is 15.5 Å². The number of ether oxygens (including phenoxy) is 1. The molecule has 1 saturated heterocycles. The first-order chi connectivity index (χ1) is 9.24. The standard InChI is InChI=1S/C14H19N3O2.2ClH/c1-17-6-7-19-13-3-2-11(8-12(13)17)16-14(18)10-4-5-15-9-10;;/h2-3,8,10,15H,4-7,9H2,1H3,(H,16,18);2*1H. The molecule has 2 heterocycles. The van der Waals surface area contributed by atoms with Crippen LogP contribution in [-0.2, 0) is 4.79 Å². The molecule has 1 fully saturated rings. The minimum Gasteiger partial charge on any atom is -0.490 e. The first kappa shape index (κ1) is 17.9. The van der Waals surface area contributed by atoms with Crippen LogP contribution in [0.5, 0.6) is 5.75 Å². The molecular weight excluding hydrogens is 313 g/mol. The molecule has 1 aromatic rings. The average molecular weight is 334 g/mol. The number of amides is 1. The van der Waals surface area contributed by atoms with E-state index in [4.69, 9.17) is 4.74 Å². The topological polar surface area (TPSA) is 53.6 Å². The molecule has 2 aliphatic heterocycles. The third-order valence-electron chi connectivity index (χ3n) is 3.75. The summed E-state index contributed by atoms with van der Waals surface area (Å²) in [6.07, 6.45) is 0.916. The fraction of sp³-hybridized carbons (Fsp3) is 0.500. The van der Waals surface area contributed by atoms with E-state index >= 15 is 0 Å². The lowest BCUT2D eigenvalue weighted by Crippen LogP contribution is -2.29. The van der Waals surface area contributed by atoms with Crippen molar-refractivity contribution in [3.8, 4) is 5.75 Å². The minimum atomic E-state index is 0. The Morgan fingerprint density at radius 3 is 2.95 bits per heavy atom. The summed E-state index contributed by atoms with van der Waals surface area (Å²) in [7, 11) is 2.04. The summed E-state index contributed by atoms with van der Waals surface area (Å²) in [6.45, 7) is 3.29. The van der Waals surface area contributed by atoms with Crippen molar-refractivity contribution in [3.63, 3.8) is 0 Å². The van der Waals surface area contributed by atoms with E-state index in [1.807, 2.05) is 25.2 Å². The molecule has 0 radical (unpaired) electrons. The Hall–Kier alpha value is -1.17. The molecule has 5 nitrogen and oxygen atoms in total. The summed E-state index contributed by atoms with van der Waals surface area (Å²) >= 11 is 0. The first-order valence-corrected chi connectivity index (χ1v) is 6.73. The second-order valence-corrected chi connectivity index (χ2v) is 5.13. The number of rotatable bonds is 2. The Kier molecular flexibility index (Phi) is 6.58. The van der Waals surface area contributed by atoms with Gasteiger partial charge < -0.3 is 20.3 Å². The molecule has 0 aromatic heterocycles. The molecule has 1 atom stereocenters. The lowest BCUT2D eigenvalue weighted by atomic mass is 10.1. The zero-order chi connectivity index (χ0) is 13.2. The first-order valence-electron chi connectivity index (χ1n) is 6.73. The summed E-state index contributed by atoms with van der Waals surface area (Å²) in [5.74, 6) is 1.07. The number of likely N-dealkylation sites (N-methyl/N-ethyl adjacent to an activating group) is 1. The Morgan fingerprint density at radius 2 is 2.24 bits per heavy atom. The van der Waals surface area contributed by atoms with E-state index < -0.39 is 0 Å². The highest BCUT2D eigenvalue weighted by atomic mass is 35.5. The van der Waals surface area contributed by atoms with Crippen LogP contribution in [-0.4, -0.2) is 39.2 Å². The Bertz CT molecular complexity index is 493. The molecule has 1 unspecified atom stereocenters. The van der Waals surface area contributed by atoms with E-state index in [1.165, 1.54) is 0 Å². The van der Waals surface area contributed by atoms with E-state index in [9.17, 15) is 4.79 Å². The summed E-state index contributed by atoms with van der Waals surface area (Å²) < 4.78 is 5.59. The molecule has 0 saturated carbocycles. The second-order valence-electron chi connectivity index (χ2n) is 5.13. The van der Waals surface area contributed by atoms with Gasteiger partial charge in [-0.05, 0) is 31.2 Å². The largest absolute Gasteiger partial charge is 0.490 e. The Morgan fingerprint density at radius 1 is 1.43 bits per heavy atom.